The van der Waals surface area contributed by atoms with E-state index in [2.05, 4.69) is 28.9 Å². The van der Waals surface area contributed by atoms with Gasteiger partial charge in [-0.25, -0.2) is 0 Å². The van der Waals surface area contributed by atoms with E-state index in [0.29, 0.717) is 29.3 Å². The molecular weight excluding hydrogens is 368 g/mol. The maximum atomic E-state index is 12.6. The van der Waals surface area contributed by atoms with Gasteiger partial charge in [0, 0.05) is 12.3 Å². The zero-order valence-corrected chi connectivity index (χ0v) is 15.8. The molecule has 2 fully saturated rings. The molecule has 1 aromatic carbocycles. The van der Waals surface area contributed by atoms with E-state index in [1.54, 1.807) is 0 Å². The molecule has 128 valence electrons. The Morgan fingerprint density at radius 3 is 2.88 bits per heavy atom. The van der Waals surface area contributed by atoms with Gasteiger partial charge >= 0.3 is 5.97 Å². The molecule has 3 aliphatic rings. The Hall–Kier alpha value is -1.16. The van der Waals surface area contributed by atoms with Gasteiger partial charge < -0.3 is 4.74 Å². The number of hydrogen-bond donors (Lipinski definition) is 0. The predicted molar refractivity (Wildman–Crippen MR) is 95.5 cm³/mol. The number of carbonyl (C=O) groups excluding carboxylic acids is 2. The van der Waals surface area contributed by atoms with E-state index in [9.17, 15) is 9.59 Å². The molecule has 0 spiro atoms. The SMILES string of the molecule is CC(=O)Oc1ccc2c(c1)CC[C@@H]1[C@@H]2CC[C@]2(C)C(=O)[C@H](Br)C[C@H]12. The first kappa shape index (κ1) is 16.3. The fourth-order valence-electron chi connectivity index (χ4n) is 5.54. The standard InChI is InChI=1S/C20H23BrO3/c1-11(22)24-13-4-6-14-12(9-13)3-5-16-15(14)7-8-20(2)17(16)10-18(21)19(20)23/h4,6,9,15-18H,3,5,7-8,10H2,1-2H3/t15-,16-,17-,18-,20+/m1/s1. The number of carbonyl (C=O) groups is 2. The molecule has 4 heteroatoms. The average Bonchev–Trinajstić information content (AvgIpc) is 2.77. The maximum Gasteiger partial charge on any atom is 0.308 e. The number of fused-ring (bicyclic) bond motifs is 5. The van der Waals surface area contributed by atoms with Gasteiger partial charge in [0.25, 0.3) is 0 Å². The molecule has 5 atom stereocenters. The van der Waals surface area contributed by atoms with E-state index < -0.39 is 0 Å². The van der Waals surface area contributed by atoms with Crippen molar-refractivity contribution in [3.8, 4) is 5.75 Å². The molecule has 2 saturated carbocycles. The van der Waals surface area contributed by atoms with Crippen LogP contribution in [-0.2, 0) is 16.0 Å². The van der Waals surface area contributed by atoms with Gasteiger partial charge in [0.2, 0.25) is 0 Å². The lowest BCUT2D eigenvalue weighted by Crippen LogP contribution is -2.42. The highest BCUT2D eigenvalue weighted by Gasteiger charge is 2.57. The first-order valence-electron chi connectivity index (χ1n) is 8.90. The number of halogens is 1. The van der Waals surface area contributed by atoms with Gasteiger partial charge in [-0.3, -0.25) is 9.59 Å². The van der Waals surface area contributed by atoms with Crippen LogP contribution in [0.2, 0.25) is 0 Å². The smallest absolute Gasteiger partial charge is 0.308 e. The number of hydrogen-bond acceptors (Lipinski definition) is 3. The first-order valence-corrected chi connectivity index (χ1v) is 9.81. The molecule has 3 aliphatic carbocycles. The zero-order valence-electron chi connectivity index (χ0n) is 14.2. The number of esters is 1. The van der Waals surface area contributed by atoms with Gasteiger partial charge in [0.15, 0.2) is 5.78 Å². The molecule has 4 rings (SSSR count). The Bertz CT molecular complexity index is 713. The lowest BCUT2D eigenvalue weighted by Gasteiger charge is -2.48. The monoisotopic (exact) mass is 390 g/mol. The van der Waals surface area contributed by atoms with Crippen molar-refractivity contribution in [2.24, 2.45) is 17.3 Å². The summed E-state index contributed by atoms with van der Waals surface area (Å²) in [5, 5.41) is 0. The molecule has 0 saturated heterocycles. The minimum Gasteiger partial charge on any atom is -0.427 e. The summed E-state index contributed by atoms with van der Waals surface area (Å²) < 4.78 is 5.24. The number of ketones is 1. The van der Waals surface area contributed by atoms with Crippen LogP contribution in [-0.4, -0.2) is 16.6 Å². The van der Waals surface area contributed by atoms with Crippen molar-refractivity contribution in [3.63, 3.8) is 0 Å². The lowest BCUT2D eigenvalue weighted by molar-refractivity contribution is -0.132. The van der Waals surface area contributed by atoms with Crippen LogP contribution in [0.25, 0.3) is 0 Å². The van der Waals surface area contributed by atoms with E-state index >= 15 is 0 Å². The Balaban J connectivity index is 1.65. The third-order valence-electron chi connectivity index (χ3n) is 6.66. The van der Waals surface area contributed by atoms with Crippen LogP contribution in [0.1, 0.15) is 56.6 Å². The zero-order chi connectivity index (χ0) is 17.1. The van der Waals surface area contributed by atoms with Gasteiger partial charge in [-0.1, -0.05) is 28.9 Å². The predicted octanol–water partition coefficient (Wildman–Crippen LogP) is 4.41. The number of Topliss-reactive ketones (excluding diaryl/α,β-unsaturated/α-hetero) is 1. The molecular formula is C20H23BrO3. The van der Waals surface area contributed by atoms with Gasteiger partial charge in [0.05, 0.1) is 4.83 Å². The fraction of sp³-hybridized carbons (Fsp3) is 0.600. The minimum atomic E-state index is -0.273. The Morgan fingerprint density at radius 1 is 1.33 bits per heavy atom. The summed E-state index contributed by atoms with van der Waals surface area (Å²) >= 11 is 3.61. The summed E-state index contributed by atoms with van der Waals surface area (Å²) in [4.78, 5) is 23.8. The van der Waals surface area contributed by atoms with Crippen LogP contribution in [0.4, 0.5) is 0 Å². The van der Waals surface area contributed by atoms with Crippen LogP contribution in [0, 0.1) is 17.3 Å². The second-order valence-electron chi connectivity index (χ2n) is 7.89. The van der Waals surface area contributed by atoms with Crippen molar-refractivity contribution in [1.29, 1.82) is 0 Å². The Kier molecular flexibility index (Phi) is 3.87. The van der Waals surface area contributed by atoms with E-state index in [0.717, 1.165) is 32.1 Å². The number of ether oxygens (including phenoxy) is 1. The highest BCUT2D eigenvalue weighted by atomic mass is 79.9. The molecule has 0 amide bonds. The second-order valence-corrected chi connectivity index (χ2v) is 9.00. The van der Waals surface area contributed by atoms with Gasteiger partial charge in [0.1, 0.15) is 5.75 Å². The second kappa shape index (κ2) is 5.69. The molecule has 0 radical (unpaired) electrons. The summed E-state index contributed by atoms with van der Waals surface area (Å²) in [6.07, 6.45) is 5.21. The van der Waals surface area contributed by atoms with Crippen LogP contribution in [0.5, 0.6) is 5.75 Å². The number of alkyl halides is 1. The molecule has 24 heavy (non-hydrogen) atoms. The van der Waals surface area contributed by atoms with Crippen LogP contribution < -0.4 is 4.74 Å². The van der Waals surface area contributed by atoms with Gasteiger partial charge in [-0.15, -0.1) is 0 Å². The molecule has 0 unspecified atom stereocenters. The molecule has 0 aromatic heterocycles. The van der Waals surface area contributed by atoms with Gasteiger partial charge in [-0.2, -0.15) is 0 Å². The van der Waals surface area contributed by atoms with Gasteiger partial charge in [-0.05, 0) is 73.1 Å². The summed E-state index contributed by atoms with van der Waals surface area (Å²) in [6.45, 7) is 3.63. The number of rotatable bonds is 1. The number of benzene rings is 1. The van der Waals surface area contributed by atoms with Crippen LogP contribution in [0.3, 0.4) is 0 Å². The quantitative estimate of drug-likeness (QED) is 0.405. The van der Waals surface area contributed by atoms with Crippen molar-refractivity contribution in [1.82, 2.24) is 0 Å². The molecule has 0 bridgehead atoms. The van der Waals surface area contributed by atoms with Crippen molar-refractivity contribution >= 4 is 27.7 Å². The number of aryl methyl sites for hydroxylation is 1. The third kappa shape index (κ3) is 2.37. The van der Waals surface area contributed by atoms with E-state index in [1.807, 2.05) is 12.1 Å². The topological polar surface area (TPSA) is 43.4 Å². The lowest BCUT2D eigenvalue weighted by atomic mass is 9.55. The maximum absolute atomic E-state index is 12.6. The molecule has 0 N–H and O–H groups in total. The molecule has 1 aromatic rings. The van der Waals surface area contributed by atoms with Crippen molar-refractivity contribution < 1.29 is 14.3 Å². The Labute approximate surface area is 151 Å². The largest absolute Gasteiger partial charge is 0.427 e. The summed E-state index contributed by atoms with van der Waals surface area (Å²) in [6, 6.07) is 6.10. The van der Waals surface area contributed by atoms with Crippen LogP contribution in [0.15, 0.2) is 18.2 Å². The highest BCUT2D eigenvalue weighted by molar-refractivity contribution is 9.10. The van der Waals surface area contributed by atoms with E-state index in [1.165, 1.54) is 18.1 Å². The normalized spacial score (nSPS) is 37.4. The van der Waals surface area contributed by atoms with Crippen molar-refractivity contribution in [2.75, 3.05) is 0 Å². The van der Waals surface area contributed by atoms with Crippen LogP contribution >= 0.6 is 15.9 Å². The minimum absolute atomic E-state index is 0.0407. The molecule has 0 aliphatic heterocycles. The third-order valence-corrected chi connectivity index (χ3v) is 7.45. The van der Waals surface area contributed by atoms with Crippen molar-refractivity contribution in [3.05, 3.63) is 29.3 Å². The van der Waals surface area contributed by atoms with E-state index in [-0.39, 0.29) is 16.2 Å². The summed E-state index contributed by atoms with van der Waals surface area (Å²) in [5.41, 5.74) is 2.60. The average molecular weight is 391 g/mol. The Morgan fingerprint density at radius 2 is 2.12 bits per heavy atom. The fourth-order valence-corrected chi connectivity index (χ4v) is 6.46. The van der Waals surface area contributed by atoms with Crippen molar-refractivity contribution in [2.45, 2.75) is 56.7 Å². The molecule has 3 nitrogen and oxygen atoms in total. The highest BCUT2D eigenvalue weighted by Crippen LogP contribution is 2.60. The van der Waals surface area contributed by atoms with E-state index in [4.69, 9.17) is 4.74 Å². The summed E-state index contributed by atoms with van der Waals surface area (Å²) in [7, 11) is 0. The molecule has 0 heterocycles. The summed E-state index contributed by atoms with van der Waals surface area (Å²) in [5.74, 6) is 2.43. The first-order chi connectivity index (χ1) is 11.4.